The SMILES string of the molecule is CC/C=C\C/C=C\C/C=C\C/C=C\C/C=C\CCCCCCCCCC(=O)OC(COCCCCCCCCCC/C=C\CCCCCCCC)COP(=O)(O)OCC(O)CO. The normalized spacial score (nSPS) is 14.5. The van der Waals surface area contributed by atoms with Crippen molar-refractivity contribution in [2.75, 3.05) is 33.0 Å². The third kappa shape index (κ3) is 47.4. The first kappa shape index (κ1) is 59.9. The molecule has 9 nitrogen and oxygen atoms in total. The van der Waals surface area contributed by atoms with Crippen molar-refractivity contribution in [3.63, 3.8) is 0 Å². The molecule has 10 heteroatoms. The molecule has 0 heterocycles. The molecule has 0 aliphatic carbocycles. The molecule has 0 bridgehead atoms. The Morgan fingerprint density at radius 1 is 0.516 bits per heavy atom. The summed E-state index contributed by atoms with van der Waals surface area (Å²) in [6, 6.07) is 0. The van der Waals surface area contributed by atoms with Crippen molar-refractivity contribution < 1.29 is 43.0 Å². The van der Waals surface area contributed by atoms with Gasteiger partial charge < -0.3 is 24.6 Å². The maximum absolute atomic E-state index is 12.7. The molecule has 360 valence electrons. The number of aliphatic hydroxyl groups excluding tert-OH is 2. The first-order valence-electron chi connectivity index (χ1n) is 24.9. The Morgan fingerprint density at radius 3 is 1.40 bits per heavy atom. The largest absolute Gasteiger partial charge is 0.472 e. The summed E-state index contributed by atoms with van der Waals surface area (Å²) in [6.45, 7) is 3.39. The predicted octanol–water partition coefficient (Wildman–Crippen LogP) is 14.5. The van der Waals surface area contributed by atoms with E-state index in [0.717, 1.165) is 77.0 Å². The van der Waals surface area contributed by atoms with Gasteiger partial charge >= 0.3 is 13.8 Å². The molecule has 0 aromatic rings. The number of phosphoric ester groups is 1. The molecule has 0 amide bonds. The summed E-state index contributed by atoms with van der Waals surface area (Å²) in [4.78, 5) is 22.7. The van der Waals surface area contributed by atoms with Crippen molar-refractivity contribution in [2.45, 2.75) is 219 Å². The van der Waals surface area contributed by atoms with Crippen molar-refractivity contribution in [2.24, 2.45) is 0 Å². The lowest BCUT2D eigenvalue weighted by Gasteiger charge is -2.20. The molecule has 0 spiro atoms. The number of phosphoric acid groups is 1. The number of hydrogen-bond donors (Lipinski definition) is 3. The second-order valence-electron chi connectivity index (χ2n) is 16.4. The Hall–Kier alpha value is -2.10. The maximum Gasteiger partial charge on any atom is 0.472 e. The molecule has 0 saturated heterocycles. The standard InChI is InChI=1S/C52H93O9P/c1-3-5-7-9-11-13-15-17-19-21-23-24-25-26-27-28-30-32-34-36-38-40-42-44-52(55)61-51(49-60-62(56,57)59-47-50(54)46-53)48-58-45-43-41-39-37-35-33-31-29-22-20-18-16-14-12-10-8-6-4-2/h5,7,11,13,17-20,23-24,26-27,50-51,53-54H,3-4,6,8-10,12,14-16,21-22,25,28-49H2,1-2H3,(H,56,57)/b7-5-,13-11-,19-17-,20-18-,24-23-,27-26-. The van der Waals surface area contributed by atoms with Gasteiger partial charge in [0.05, 0.1) is 26.4 Å². The summed E-state index contributed by atoms with van der Waals surface area (Å²) in [5.41, 5.74) is 0. The highest BCUT2D eigenvalue weighted by Crippen LogP contribution is 2.43. The summed E-state index contributed by atoms with van der Waals surface area (Å²) in [5.74, 6) is -0.396. The minimum absolute atomic E-state index is 0.0397. The van der Waals surface area contributed by atoms with Crippen LogP contribution in [0.25, 0.3) is 0 Å². The quantitative estimate of drug-likeness (QED) is 0.0236. The van der Waals surface area contributed by atoms with Gasteiger partial charge in [0.1, 0.15) is 12.2 Å². The average molecular weight is 893 g/mol. The van der Waals surface area contributed by atoms with Gasteiger partial charge in [-0.25, -0.2) is 4.57 Å². The monoisotopic (exact) mass is 893 g/mol. The fourth-order valence-electron chi connectivity index (χ4n) is 6.61. The van der Waals surface area contributed by atoms with E-state index in [4.69, 9.17) is 23.6 Å². The van der Waals surface area contributed by atoms with Crippen LogP contribution in [-0.4, -0.2) is 66.3 Å². The number of esters is 1. The highest BCUT2D eigenvalue weighted by molar-refractivity contribution is 7.47. The molecule has 0 fully saturated rings. The molecule has 0 aromatic heterocycles. The molecule has 3 atom stereocenters. The van der Waals surface area contributed by atoms with E-state index in [-0.39, 0.29) is 19.6 Å². The lowest BCUT2D eigenvalue weighted by molar-refractivity contribution is -0.154. The van der Waals surface area contributed by atoms with E-state index >= 15 is 0 Å². The van der Waals surface area contributed by atoms with E-state index in [0.29, 0.717) is 13.0 Å². The number of allylic oxidation sites excluding steroid dienone is 12. The van der Waals surface area contributed by atoms with Crippen LogP contribution in [0.2, 0.25) is 0 Å². The summed E-state index contributed by atoms with van der Waals surface area (Å²) >= 11 is 0. The molecule has 0 aliphatic heterocycles. The van der Waals surface area contributed by atoms with Crippen LogP contribution in [0.15, 0.2) is 72.9 Å². The zero-order valence-corrected chi connectivity index (χ0v) is 40.5. The van der Waals surface area contributed by atoms with Gasteiger partial charge in [0.25, 0.3) is 0 Å². The summed E-state index contributed by atoms with van der Waals surface area (Å²) < 4.78 is 33.5. The van der Waals surface area contributed by atoms with Gasteiger partial charge in [-0.15, -0.1) is 0 Å². The number of hydrogen-bond acceptors (Lipinski definition) is 8. The van der Waals surface area contributed by atoms with Crippen LogP contribution in [0.4, 0.5) is 0 Å². The van der Waals surface area contributed by atoms with E-state index < -0.39 is 39.2 Å². The third-order valence-corrected chi connectivity index (χ3v) is 11.3. The van der Waals surface area contributed by atoms with E-state index in [1.165, 1.54) is 103 Å². The Labute approximate surface area is 380 Å². The van der Waals surface area contributed by atoms with Crippen molar-refractivity contribution >= 4 is 13.8 Å². The Morgan fingerprint density at radius 2 is 0.919 bits per heavy atom. The Balaban J connectivity index is 4.14. The van der Waals surface area contributed by atoms with Gasteiger partial charge in [-0.05, 0) is 83.5 Å². The lowest BCUT2D eigenvalue weighted by Crippen LogP contribution is -2.29. The van der Waals surface area contributed by atoms with Gasteiger partial charge in [-0.1, -0.05) is 189 Å². The molecule has 3 N–H and O–H groups in total. The number of carbonyl (C=O) groups is 1. The number of unbranched alkanes of at least 4 members (excludes halogenated alkanes) is 21. The highest BCUT2D eigenvalue weighted by atomic mass is 31.2. The number of ether oxygens (including phenoxy) is 2. The van der Waals surface area contributed by atoms with Crippen molar-refractivity contribution in [1.82, 2.24) is 0 Å². The fraction of sp³-hybridized carbons (Fsp3) is 0.750. The summed E-state index contributed by atoms with van der Waals surface area (Å²) in [6.07, 6.45) is 58.6. The molecule has 3 unspecified atom stereocenters. The van der Waals surface area contributed by atoms with E-state index in [9.17, 15) is 19.4 Å². The Kier molecular flexibility index (Phi) is 46.7. The second-order valence-corrected chi connectivity index (χ2v) is 17.9. The molecular formula is C52H93O9P. The van der Waals surface area contributed by atoms with E-state index in [2.05, 4.69) is 86.8 Å². The molecular weight excluding hydrogens is 800 g/mol. The van der Waals surface area contributed by atoms with Crippen LogP contribution in [0.5, 0.6) is 0 Å². The summed E-state index contributed by atoms with van der Waals surface area (Å²) in [7, 11) is -4.53. The van der Waals surface area contributed by atoms with Crippen LogP contribution >= 0.6 is 7.82 Å². The molecule has 0 aliphatic rings. The molecule has 62 heavy (non-hydrogen) atoms. The zero-order chi connectivity index (χ0) is 45.3. The van der Waals surface area contributed by atoms with Gasteiger partial charge in [0.15, 0.2) is 0 Å². The van der Waals surface area contributed by atoms with Gasteiger partial charge in [0.2, 0.25) is 0 Å². The molecule has 0 saturated carbocycles. The molecule has 0 radical (unpaired) electrons. The number of carbonyl (C=O) groups excluding carboxylic acids is 1. The van der Waals surface area contributed by atoms with Gasteiger partial charge in [-0.3, -0.25) is 13.8 Å². The fourth-order valence-corrected chi connectivity index (χ4v) is 7.40. The van der Waals surface area contributed by atoms with Crippen LogP contribution < -0.4 is 0 Å². The highest BCUT2D eigenvalue weighted by Gasteiger charge is 2.26. The van der Waals surface area contributed by atoms with Crippen LogP contribution in [0.1, 0.15) is 206 Å². The lowest BCUT2D eigenvalue weighted by atomic mass is 10.1. The smallest absolute Gasteiger partial charge is 0.457 e. The van der Waals surface area contributed by atoms with E-state index in [1.54, 1.807) is 0 Å². The first-order valence-corrected chi connectivity index (χ1v) is 26.4. The van der Waals surface area contributed by atoms with Crippen molar-refractivity contribution in [1.29, 1.82) is 0 Å². The molecule has 0 aromatic carbocycles. The van der Waals surface area contributed by atoms with Crippen LogP contribution in [-0.2, 0) is 27.9 Å². The minimum Gasteiger partial charge on any atom is -0.457 e. The average Bonchev–Trinajstić information content (AvgIpc) is 3.26. The third-order valence-electron chi connectivity index (χ3n) is 10.4. The molecule has 0 rings (SSSR count). The first-order chi connectivity index (χ1) is 30.3. The van der Waals surface area contributed by atoms with Crippen molar-refractivity contribution in [3.8, 4) is 0 Å². The second kappa shape index (κ2) is 48.4. The minimum atomic E-state index is -4.53. The van der Waals surface area contributed by atoms with Crippen LogP contribution in [0, 0.1) is 0 Å². The maximum atomic E-state index is 12.7. The zero-order valence-electron chi connectivity index (χ0n) is 39.6. The van der Waals surface area contributed by atoms with Crippen LogP contribution in [0.3, 0.4) is 0 Å². The van der Waals surface area contributed by atoms with Crippen molar-refractivity contribution in [3.05, 3.63) is 72.9 Å². The van der Waals surface area contributed by atoms with E-state index in [1.807, 2.05) is 0 Å². The van der Waals surface area contributed by atoms with Gasteiger partial charge in [-0.2, -0.15) is 0 Å². The van der Waals surface area contributed by atoms with Gasteiger partial charge in [0, 0.05) is 13.0 Å². The Bertz CT molecular complexity index is 1190. The topological polar surface area (TPSA) is 132 Å². The number of rotatable bonds is 47. The summed E-state index contributed by atoms with van der Waals surface area (Å²) in [5, 5.41) is 18.4. The predicted molar refractivity (Wildman–Crippen MR) is 260 cm³/mol. The number of aliphatic hydroxyl groups is 2.